The van der Waals surface area contributed by atoms with Crippen LogP contribution in [0.4, 0.5) is 5.82 Å². The second kappa shape index (κ2) is 4.99. The standard InChI is InChI=1S/C12H12N4S2/c1-8-16-9(6-18-8)2-4-13-12-11-10(3-5-17-11)14-7-15-12/h3,5-7H,2,4H2,1H3,(H,13,14,15). The maximum absolute atomic E-state index is 4.44. The molecule has 0 atom stereocenters. The predicted octanol–water partition coefficient (Wildman–Crippen LogP) is 3.11. The summed E-state index contributed by atoms with van der Waals surface area (Å²) in [5, 5.41) is 8.62. The molecule has 0 saturated heterocycles. The summed E-state index contributed by atoms with van der Waals surface area (Å²) >= 11 is 3.36. The number of hydrogen-bond acceptors (Lipinski definition) is 6. The van der Waals surface area contributed by atoms with Gasteiger partial charge in [0.25, 0.3) is 0 Å². The summed E-state index contributed by atoms with van der Waals surface area (Å²) in [5.41, 5.74) is 2.14. The molecule has 4 nitrogen and oxygen atoms in total. The lowest BCUT2D eigenvalue weighted by Crippen LogP contribution is -2.06. The van der Waals surface area contributed by atoms with Gasteiger partial charge in [0.1, 0.15) is 12.1 Å². The molecule has 0 saturated carbocycles. The van der Waals surface area contributed by atoms with E-state index in [1.54, 1.807) is 29.0 Å². The first kappa shape index (κ1) is 11.6. The second-order valence-corrected chi connectivity index (χ2v) is 5.87. The number of thiazole rings is 1. The van der Waals surface area contributed by atoms with Crippen molar-refractivity contribution in [2.75, 3.05) is 11.9 Å². The van der Waals surface area contributed by atoms with Crippen LogP contribution in [0.1, 0.15) is 10.7 Å². The topological polar surface area (TPSA) is 50.7 Å². The molecule has 0 spiro atoms. The summed E-state index contributed by atoms with van der Waals surface area (Å²) in [6, 6.07) is 2.01. The third-order valence-corrected chi connectivity index (χ3v) is 4.32. The van der Waals surface area contributed by atoms with Gasteiger partial charge < -0.3 is 5.32 Å². The highest BCUT2D eigenvalue weighted by Gasteiger charge is 2.04. The van der Waals surface area contributed by atoms with E-state index in [-0.39, 0.29) is 0 Å². The van der Waals surface area contributed by atoms with Crippen molar-refractivity contribution in [2.45, 2.75) is 13.3 Å². The lowest BCUT2D eigenvalue weighted by atomic mass is 10.3. The highest BCUT2D eigenvalue weighted by atomic mass is 32.1. The van der Waals surface area contributed by atoms with Gasteiger partial charge in [0.15, 0.2) is 0 Å². The van der Waals surface area contributed by atoms with Crippen LogP contribution in [-0.2, 0) is 6.42 Å². The van der Waals surface area contributed by atoms with E-state index >= 15 is 0 Å². The molecule has 0 aliphatic carbocycles. The SMILES string of the molecule is Cc1nc(CCNc2ncnc3ccsc23)cs1. The molecular formula is C12H12N4S2. The van der Waals surface area contributed by atoms with Crippen LogP contribution in [0.15, 0.2) is 23.2 Å². The number of nitrogens with one attached hydrogen (secondary N) is 1. The number of aryl methyl sites for hydroxylation is 1. The Balaban J connectivity index is 1.68. The summed E-state index contributed by atoms with van der Waals surface area (Å²) in [7, 11) is 0. The fourth-order valence-corrected chi connectivity index (χ4v) is 3.20. The van der Waals surface area contributed by atoms with Crippen LogP contribution < -0.4 is 5.32 Å². The molecule has 1 N–H and O–H groups in total. The van der Waals surface area contributed by atoms with Gasteiger partial charge in [-0.3, -0.25) is 0 Å². The first-order valence-electron chi connectivity index (χ1n) is 5.66. The zero-order chi connectivity index (χ0) is 12.4. The first-order valence-corrected chi connectivity index (χ1v) is 7.42. The predicted molar refractivity (Wildman–Crippen MR) is 76.5 cm³/mol. The molecule has 92 valence electrons. The van der Waals surface area contributed by atoms with Crippen molar-refractivity contribution < 1.29 is 0 Å². The van der Waals surface area contributed by atoms with Gasteiger partial charge >= 0.3 is 0 Å². The van der Waals surface area contributed by atoms with Crippen LogP contribution in [0.3, 0.4) is 0 Å². The Bertz CT molecular complexity index is 659. The van der Waals surface area contributed by atoms with Crippen LogP contribution in [-0.4, -0.2) is 21.5 Å². The van der Waals surface area contributed by atoms with E-state index in [1.807, 2.05) is 18.4 Å². The Kier molecular flexibility index (Phi) is 3.21. The second-order valence-electron chi connectivity index (χ2n) is 3.89. The van der Waals surface area contributed by atoms with E-state index in [9.17, 15) is 0 Å². The largest absolute Gasteiger partial charge is 0.368 e. The highest BCUT2D eigenvalue weighted by Crippen LogP contribution is 2.24. The smallest absolute Gasteiger partial charge is 0.147 e. The molecule has 3 aromatic heterocycles. The van der Waals surface area contributed by atoms with Crippen LogP contribution >= 0.6 is 22.7 Å². The molecule has 3 rings (SSSR count). The van der Waals surface area contributed by atoms with Gasteiger partial charge in [-0.2, -0.15) is 0 Å². The van der Waals surface area contributed by atoms with E-state index in [0.29, 0.717) is 0 Å². The maximum Gasteiger partial charge on any atom is 0.147 e. The fraction of sp³-hybridized carbons (Fsp3) is 0.250. The van der Waals surface area contributed by atoms with E-state index in [0.717, 1.165) is 39.7 Å². The average Bonchev–Trinajstić information content (AvgIpc) is 2.98. The van der Waals surface area contributed by atoms with Gasteiger partial charge in [-0.05, 0) is 18.4 Å². The number of hydrogen-bond donors (Lipinski definition) is 1. The quantitative estimate of drug-likeness (QED) is 0.795. The third kappa shape index (κ3) is 2.34. The molecule has 0 amide bonds. The number of thiophene rings is 1. The van der Waals surface area contributed by atoms with Crippen molar-refractivity contribution in [1.82, 2.24) is 15.0 Å². The minimum absolute atomic E-state index is 0.840. The van der Waals surface area contributed by atoms with E-state index in [4.69, 9.17) is 0 Å². The number of anilines is 1. The van der Waals surface area contributed by atoms with Crippen molar-refractivity contribution >= 4 is 38.7 Å². The molecule has 0 aliphatic rings. The lowest BCUT2D eigenvalue weighted by molar-refractivity contribution is 0.961. The number of rotatable bonds is 4. The zero-order valence-electron chi connectivity index (χ0n) is 9.88. The lowest BCUT2D eigenvalue weighted by Gasteiger charge is -2.04. The van der Waals surface area contributed by atoms with Crippen LogP contribution in [0, 0.1) is 6.92 Å². The summed E-state index contributed by atoms with van der Waals surface area (Å²) in [5.74, 6) is 0.918. The third-order valence-electron chi connectivity index (χ3n) is 2.58. The number of fused-ring (bicyclic) bond motifs is 1. The Morgan fingerprint density at radius 1 is 1.28 bits per heavy atom. The average molecular weight is 276 g/mol. The van der Waals surface area contributed by atoms with Gasteiger partial charge in [0.05, 0.1) is 20.9 Å². The van der Waals surface area contributed by atoms with Crippen molar-refractivity contribution in [3.05, 3.63) is 33.9 Å². The molecule has 0 radical (unpaired) electrons. The van der Waals surface area contributed by atoms with Crippen molar-refractivity contribution in [3.8, 4) is 0 Å². The molecule has 3 aromatic rings. The molecule has 3 heterocycles. The van der Waals surface area contributed by atoms with Gasteiger partial charge in [-0.25, -0.2) is 15.0 Å². The molecular weight excluding hydrogens is 264 g/mol. The maximum atomic E-state index is 4.44. The van der Waals surface area contributed by atoms with Gasteiger partial charge in [-0.15, -0.1) is 22.7 Å². The number of nitrogens with zero attached hydrogens (tertiary/aromatic N) is 3. The Morgan fingerprint density at radius 2 is 2.22 bits per heavy atom. The molecule has 6 heteroatoms. The Labute approximate surface area is 113 Å². The molecule has 18 heavy (non-hydrogen) atoms. The minimum Gasteiger partial charge on any atom is -0.368 e. The zero-order valence-corrected chi connectivity index (χ0v) is 11.5. The molecule has 0 aromatic carbocycles. The van der Waals surface area contributed by atoms with E-state index in [1.165, 1.54) is 0 Å². The number of aromatic nitrogens is 3. The summed E-state index contributed by atoms with van der Waals surface area (Å²) in [6.45, 7) is 2.87. The first-order chi connectivity index (χ1) is 8.83. The Morgan fingerprint density at radius 3 is 3.06 bits per heavy atom. The molecule has 0 aliphatic heterocycles. The fourth-order valence-electron chi connectivity index (χ4n) is 1.75. The van der Waals surface area contributed by atoms with Crippen LogP contribution in [0.5, 0.6) is 0 Å². The summed E-state index contributed by atoms with van der Waals surface area (Å²) < 4.78 is 1.12. The molecule has 0 bridgehead atoms. The minimum atomic E-state index is 0.840. The monoisotopic (exact) mass is 276 g/mol. The van der Waals surface area contributed by atoms with Gasteiger partial charge in [0, 0.05) is 18.3 Å². The van der Waals surface area contributed by atoms with Crippen molar-refractivity contribution in [2.24, 2.45) is 0 Å². The van der Waals surface area contributed by atoms with E-state index < -0.39 is 0 Å². The highest BCUT2D eigenvalue weighted by molar-refractivity contribution is 7.17. The molecule has 0 unspecified atom stereocenters. The molecule has 0 fully saturated rings. The van der Waals surface area contributed by atoms with Gasteiger partial charge in [-0.1, -0.05) is 0 Å². The summed E-state index contributed by atoms with van der Waals surface area (Å²) in [4.78, 5) is 12.9. The van der Waals surface area contributed by atoms with Crippen LogP contribution in [0.25, 0.3) is 10.2 Å². The van der Waals surface area contributed by atoms with Gasteiger partial charge in [0.2, 0.25) is 0 Å². The normalized spacial score (nSPS) is 10.9. The van der Waals surface area contributed by atoms with E-state index in [2.05, 4.69) is 25.6 Å². The summed E-state index contributed by atoms with van der Waals surface area (Å²) in [6.07, 6.45) is 2.52. The Hall–Kier alpha value is -1.53. The van der Waals surface area contributed by atoms with Crippen LogP contribution in [0.2, 0.25) is 0 Å². The van der Waals surface area contributed by atoms with Crippen molar-refractivity contribution in [1.29, 1.82) is 0 Å². The van der Waals surface area contributed by atoms with Crippen molar-refractivity contribution in [3.63, 3.8) is 0 Å².